The van der Waals surface area contributed by atoms with E-state index in [1.54, 1.807) is 0 Å². The summed E-state index contributed by atoms with van der Waals surface area (Å²) in [6.07, 6.45) is 67.5. The predicted molar refractivity (Wildman–Crippen MR) is 279 cm³/mol. The first-order chi connectivity index (χ1) is 32.0. The van der Waals surface area contributed by atoms with Crippen LogP contribution in [0.1, 0.15) is 265 Å². The number of esters is 3. The summed E-state index contributed by atoms with van der Waals surface area (Å²) in [5.41, 5.74) is 0. The lowest BCUT2D eigenvalue weighted by Gasteiger charge is -2.18. The van der Waals surface area contributed by atoms with Crippen molar-refractivity contribution in [2.24, 2.45) is 0 Å². The van der Waals surface area contributed by atoms with Crippen molar-refractivity contribution in [2.75, 3.05) is 13.2 Å². The molecule has 0 aromatic rings. The van der Waals surface area contributed by atoms with Crippen molar-refractivity contribution in [2.45, 2.75) is 271 Å². The molecule has 0 saturated carbocycles. The molecule has 1 atom stereocenters. The Bertz CT molecular complexity index is 1230. The third-order valence-electron chi connectivity index (χ3n) is 11.7. The number of hydrogen-bond donors (Lipinski definition) is 0. The standard InChI is InChI=1S/C59H102O6/c1-4-7-10-13-16-19-22-25-27-29-31-34-37-40-43-46-49-52-58(61)64-55-56(54-63-57(60)51-48-45-42-39-36-33-24-21-18-15-12-9-6-3)65-59(62)53-50-47-44-41-38-35-32-30-28-26-23-20-17-14-11-8-5-2/h17,20,25-28,31,33-34,36,40,43,56H,4-16,18-19,21-24,29-30,32,35,37-39,41-42,44-55H2,1-3H3/b20-17-,27-25-,28-26-,34-31-,36-33-,43-40-. The lowest BCUT2D eigenvalue weighted by molar-refractivity contribution is -0.167. The molecular weight excluding hydrogens is 805 g/mol. The molecule has 1 unspecified atom stereocenters. The van der Waals surface area contributed by atoms with Crippen LogP contribution in [0.2, 0.25) is 0 Å². The average Bonchev–Trinajstić information content (AvgIpc) is 3.30. The normalized spacial score (nSPS) is 12.6. The van der Waals surface area contributed by atoms with Crippen LogP contribution in [-0.4, -0.2) is 37.2 Å². The molecule has 0 N–H and O–H groups in total. The molecule has 0 aliphatic heterocycles. The van der Waals surface area contributed by atoms with Gasteiger partial charge in [0.05, 0.1) is 0 Å². The van der Waals surface area contributed by atoms with Crippen molar-refractivity contribution in [3.63, 3.8) is 0 Å². The predicted octanol–water partition coefficient (Wildman–Crippen LogP) is 18.2. The van der Waals surface area contributed by atoms with Crippen molar-refractivity contribution in [1.82, 2.24) is 0 Å². The fraction of sp³-hybridized carbons (Fsp3) is 0.746. The lowest BCUT2D eigenvalue weighted by Crippen LogP contribution is -2.30. The molecule has 65 heavy (non-hydrogen) atoms. The summed E-state index contributed by atoms with van der Waals surface area (Å²) in [6, 6.07) is 0. The van der Waals surface area contributed by atoms with Gasteiger partial charge in [-0.25, -0.2) is 0 Å². The van der Waals surface area contributed by atoms with Gasteiger partial charge in [-0.05, 0) is 109 Å². The monoisotopic (exact) mass is 907 g/mol. The summed E-state index contributed by atoms with van der Waals surface area (Å²) in [5.74, 6) is -0.975. The fourth-order valence-corrected chi connectivity index (χ4v) is 7.48. The number of allylic oxidation sites excluding steroid dienone is 12. The van der Waals surface area contributed by atoms with Crippen LogP contribution in [0.5, 0.6) is 0 Å². The average molecular weight is 907 g/mol. The minimum atomic E-state index is -0.805. The molecule has 0 bridgehead atoms. The molecule has 0 aromatic carbocycles. The van der Waals surface area contributed by atoms with Gasteiger partial charge in [0.15, 0.2) is 6.10 Å². The Kier molecular flexibility index (Phi) is 50.9. The van der Waals surface area contributed by atoms with Gasteiger partial charge in [0.1, 0.15) is 13.2 Å². The fourth-order valence-electron chi connectivity index (χ4n) is 7.48. The van der Waals surface area contributed by atoms with Crippen molar-refractivity contribution in [3.05, 3.63) is 72.9 Å². The van der Waals surface area contributed by atoms with Gasteiger partial charge < -0.3 is 14.2 Å². The minimum Gasteiger partial charge on any atom is -0.462 e. The summed E-state index contributed by atoms with van der Waals surface area (Å²) in [5, 5.41) is 0. The largest absolute Gasteiger partial charge is 0.462 e. The number of ether oxygens (including phenoxy) is 3. The highest BCUT2D eigenvalue weighted by atomic mass is 16.6. The zero-order chi connectivity index (χ0) is 47.2. The highest BCUT2D eigenvalue weighted by Crippen LogP contribution is 2.14. The van der Waals surface area contributed by atoms with Crippen LogP contribution in [0.15, 0.2) is 72.9 Å². The van der Waals surface area contributed by atoms with Crippen LogP contribution in [-0.2, 0) is 28.6 Å². The number of rotatable bonds is 49. The third-order valence-corrected chi connectivity index (χ3v) is 11.7. The Morgan fingerprint density at radius 1 is 0.308 bits per heavy atom. The molecule has 0 aromatic heterocycles. The van der Waals surface area contributed by atoms with Crippen LogP contribution in [0.25, 0.3) is 0 Å². The van der Waals surface area contributed by atoms with E-state index in [2.05, 4.69) is 93.7 Å². The molecule has 0 amide bonds. The number of carbonyl (C=O) groups is 3. The van der Waals surface area contributed by atoms with E-state index in [1.165, 1.54) is 135 Å². The minimum absolute atomic E-state index is 0.102. The number of carbonyl (C=O) groups excluding carboxylic acids is 3. The van der Waals surface area contributed by atoms with Gasteiger partial charge in [-0.3, -0.25) is 14.4 Å². The van der Waals surface area contributed by atoms with Crippen LogP contribution in [0.4, 0.5) is 0 Å². The molecule has 374 valence electrons. The molecule has 6 nitrogen and oxygen atoms in total. The van der Waals surface area contributed by atoms with Gasteiger partial charge in [0.2, 0.25) is 0 Å². The second-order valence-corrected chi connectivity index (χ2v) is 18.1. The molecule has 0 saturated heterocycles. The second kappa shape index (κ2) is 53.5. The number of unbranched alkanes of at least 4 members (excludes halogenated alkanes) is 26. The highest BCUT2D eigenvalue weighted by Gasteiger charge is 2.19. The van der Waals surface area contributed by atoms with Crippen LogP contribution in [0, 0.1) is 0 Å². The quantitative estimate of drug-likeness (QED) is 0.0262. The first-order valence-corrected chi connectivity index (χ1v) is 27.4. The lowest BCUT2D eigenvalue weighted by atomic mass is 10.1. The molecule has 0 rings (SSSR count). The van der Waals surface area contributed by atoms with Gasteiger partial charge in [-0.1, -0.05) is 209 Å². The summed E-state index contributed by atoms with van der Waals surface area (Å²) in [4.78, 5) is 38.0. The topological polar surface area (TPSA) is 78.9 Å². The van der Waals surface area contributed by atoms with E-state index in [0.717, 1.165) is 83.5 Å². The van der Waals surface area contributed by atoms with Crippen molar-refractivity contribution in [3.8, 4) is 0 Å². The van der Waals surface area contributed by atoms with Crippen molar-refractivity contribution >= 4 is 17.9 Å². The van der Waals surface area contributed by atoms with Crippen LogP contribution < -0.4 is 0 Å². The second-order valence-electron chi connectivity index (χ2n) is 18.1. The van der Waals surface area contributed by atoms with Gasteiger partial charge in [-0.15, -0.1) is 0 Å². The van der Waals surface area contributed by atoms with Crippen molar-refractivity contribution in [1.29, 1.82) is 0 Å². The van der Waals surface area contributed by atoms with Gasteiger partial charge in [-0.2, -0.15) is 0 Å². The summed E-state index contributed by atoms with van der Waals surface area (Å²) in [7, 11) is 0. The SMILES string of the molecule is CCCCC/C=C\C/C=C\CCCCCCCCCC(=O)OC(COC(=O)CCC/C=C\C/C=C\C/C=C\CCCCCCCC)COC(=O)CCCCC/C=C\CCCCCCCC. The zero-order valence-corrected chi connectivity index (χ0v) is 42.7. The van der Waals surface area contributed by atoms with E-state index in [4.69, 9.17) is 14.2 Å². The molecule has 0 heterocycles. The van der Waals surface area contributed by atoms with E-state index >= 15 is 0 Å². The Morgan fingerprint density at radius 2 is 0.569 bits per heavy atom. The zero-order valence-electron chi connectivity index (χ0n) is 42.7. The van der Waals surface area contributed by atoms with Gasteiger partial charge >= 0.3 is 17.9 Å². The molecule has 6 heteroatoms. The van der Waals surface area contributed by atoms with Gasteiger partial charge in [0.25, 0.3) is 0 Å². The molecular formula is C59H102O6. The van der Waals surface area contributed by atoms with E-state index in [1.807, 2.05) is 0 Å². The van der Waals surface area contributed by atoms with Crippen molar-refractivity contribution < 1.29 is 28.6 Å². The van der Waals surface area contributed by atoms with E-state index in [-0.39, 0.29) is 37.5 Å². The highest BCUT2D eigenvalue weighted by molar-refractivity contribution is 5.71. The molecule has 0 radical (unpaired) electrons. The third kappa shape index (κ3) is 51.7. The smallest absolute Gasteiger partial charge is 0.306 e. The number of hydrogen-bond acceptors (Lipinski definition) is 6. The Hall–Kier alpha value is -3.15. The molecule has 0 fully saturated rings. The summed E-state index contributed by atoms with van der Waals surface area (Å²) in [6.45, 7) is 6.54. The maximum absolute atomic E-state index is 12.8. The molecule has 0 aliphatic rings. The summed E-state index contributed by atoms with van der Waals surface area (Å²) < 4.78 is 16.8. The Labute approximate surface area is 402 Å². The Balaban J connectivity index is 4.48. The molecule has 0 aliphatic carbocycles. The Morgan fingerprint density at radius 3 is 0.985 bits per heavy atom. The first-order valence-electron chi connectivity index (χ1n) is 27.4. The van der Waals surface area contributed by atoms with E-state index in [0.29, 0.717) is 19.3 Å². The van der Waals surface area contributed by atoms with Crippen LogP contribution in [0.3, 0.4) is 0 Å². The van der Waals surface area contributed by atoms with E-state index in [9.17, 15) is 14.4 Å². The van der Waals surface area contributed by atoms with E-state index < -0.39 is 6.10 Å². The maximum Gasteiger partial charge on any atom is 0.306 e. The molecule has 0 spiro atoms. The van der Waals surface area contributed by atoms with Gasteiger partial charge in [0, 0.05) is 19.3 Å². The van der Waals surface area contributed by atoms with Crippen LogP contribution >= 0.6 is 0 Å². The summed E-state index contributed by atoms with van der Waals surface area (Å²) >= 11 is 0. The maximum atomic E-state index is 12.8. The first kappa shape index (κ1) is 61.9.